The van der Waals surface area contributed by atoms with Gasteiger partial charge in [-0.05, 0) is 47.7 Å². The molecule has 5 heteroatoms. The summed E-state index contributed by atoms with van der Waals surface area (Å²) in [6.07, 6.45) is 1.28. The molecule has 0 saturated heterocycles. The largest absolute Gasteiger partial charge is 0.496 e. The zero-order valence-electron chi connectivity index (χ0n) is 17.8. The minimum absolute atomic E-state index is 0.271. The zero-order chi connectivity index (χ0) is 21.3. The molecule has 1 unspecified atom stereocenters. The summed E-state index contributed by atoms with van der Waals surface area (Å²) >= 11 is 12.9. The van der Waals surface area contributed by atoms with E-state index in [9.17, 15) is 5.11 Å². The second kappa shape index (κ2) is 12.2. The van der Waals surface area contributed by atoms with Crippen molar-refractivity contribution in [3.8, 4) is 5.75 Å². The Hall–Kier alpha value is -1.42. The third kappa shape index (κ3) is 6.30. The number of halogens is 2. The van der Waals surface area contributed by atoms with E-state index in [0.29, 0.717) is 15.6 Å². The molecule has 1 atom stereocenters. The summed E-state index contributed by atoms with van der Waals surface area (Å²) in [6.45, 7) is 11.2. The van der Waals surface area contributed by atoms with Crippen LogP contribution in [0.5, 0.6) is 5.75 Å². The molecule has 2 aromatic rings. The summed E-state index contributed by atoms with van der Waals surface area (Å²) in [7, 11) is 1.65. The Morgan fingerprint density at radius 1 is 1.07 bits per heavy atom. The zero-order valence-corrected chi connectivity index (χ0v) is 19.3. The first kappa shape index (κ1) is 24.6. The quantitative estimate of drug-likeness (QED) is 0.431. The van der Waals surface area contributed by atoms with Crippen LogP contribution in [0, 0.1) is 0 Å². The number of benzene rings is 2. The van der Waals surface area contributed by atoms with E-state index in [-0.39, 0.29) is 5.92 Å². The Morgan fingerprint density at radius 2 is 1.68 bits per heavy atom. The number of aliphatic hydroxyl groups is 1. The molecule has 0 spiro atoms. The lowest BCUT2D eigenvalue weighted by molar-refractivity contribution is 0.220. The lowest BCUT2D eigenvalue weighted by Gasteiger charge is -2.19. The van der Waals surface area contributed by atoms with Gasteiger partial charge in [-0.1, -0.05) is 70.3 Å². The van der Waals surface area contributed by atoms with Gasteiger partial charge in [0.05, 0.1) is 17.2 Å². The highest BCUT2D eigenvalue weighted by Crippen LogP contribution is 2.38. The lowest BCUT2D eigenvalue weighted by Crippen LogP contribution is -2.06. The molecule has 28 heavy (non-hydrogen) atoms. The van der Waals surface area contributed by atoms with Crippen molar-refractivity contribution in [3.63, 3.8) is 0 Å². The molecule has 2 rings (SSSR count). The maximum absolute atomic E-state index is 10.9. The summed E-state index contributed by atoms with van der Waals surface area (Å²) < 4.78 is 5.41. The van der Waals surface area contributed by atoms with E-state index in [4.69, 9.17) is 27.9 Å². The Labute approximate surface area is 180 Å². The standard InChI is InChI=1S/C21H27Cl2NO2.C2H6/c1-5-6-9-24-15-11-17(22)20(18(23)12-15)21(25)14-7-8-19(26-4)16(10-14)13(2)3;1-2/h7-8,10-13,21,24-25H,5-6,9H2,1-4H3;1-2H3. The number of hydrogen-bond donors (Lipinski definition) is 2. The van der Waals surface area contributed by atoms with Crippen LogP contribution in [0.1, 0.15) is 76.2 Å². The van der Waals surface area contributed by atoms with Gasteiger partial charge in [-0.25, -0.2) is 0 Å². The van der Waals surface area contributed by atoms with Crippen LogP contribution in [-0.4, -0.2) is 18.8 Å². The van der Waals surface area contributed by atoms with Crippen molar-refractivity contribution in [1.29, 1.82) is 0 Å². The monoisotopic (exact) mass is 425 g/mol. The van der Waals surface area contributed by atoms with E-state index >= 15 is 0 Å². The predicted molar refractivity (Wildman–Crippen MR) is 122 cm³/mol. The minimum atomic E-state index is -0.900. The van der Waals surface area contributed by atoms with Gasteiger partial charge < -0.3 is 15.2 Å². The van der Waals surface area contributed by atoms with Gasteiger partial charge in [0.1, 0.15) is 11.9 Å². The molecule has 0 aromatic heterocycles. The average Bonchev–Trinajstić information content (AvgIpc) is 2.68. The highest BCUT2D eigenvalue weighted by molar-refractivity contribution is 6.36. The fourth-order valence-corrected chi connectivity index (χ4v) is 3.59. The van der Waals surface area contributed by atoms with Gasteiger partial charge in [-0.15, -0.1) is 0 Å². The van der Waals surface area contributed by atoms with Crippen molar-refractivity contribution in [2.24, 2.45) is 0 Å². The smallest absolute Gasteiger partial charge is 0.122 e. The molecule has 156 valence electrons. The van der Waals surface area contributed by atoms with Gasteiger partial charge in [-0.3, -0.25) is 0 Å². The van der Waals surface area contributed by atoms with Crippen molar-refractivity contribution in [2.75, 3.05) is 19.0 Å². The number of unbranched alkanes of at least 4 members (excludes halogenated alkanes) is 1. The third-order valence-electron chi connectivity index (χ3n) is 4.40. The molecule has 0 aliphatic carbocycles. The maximum atomic E-state index is 10.9. The second-order valence-corrected chi connectivity index (χ2v) is 7.51. The van der Waals surface area contributed by atoms with E-state index in [1.807, 2.05) is 44.2 Å². The highest BCUT2D eigenvalue weighted by Gasteiger charge is 2.20. The second-order valence-electron chi connectivity index (χ2n) is 6.69. The summed E-state index contributed by atoms with van der Waals surface area (Å²) in [4.78, 5) is 0. The van der Waals surface area contributed by atoms with Crippen molar-refractivity contribution in [3.05, 3.63) is 57.1 Å². The Bertz CT molecular complexity index is 724. The van der Waals surface area contributed by atoms with Crippen LogP contribution >= 0.6 is 23.2 Å². The topological polar surface area (TPSA) is 41.5 Å². The average molecular weight is 426 g/mol. The molecule has 0 saturated carbocycles. The van der Waals surface area contributed by atoms with E-state index in [0.717, 1.165) is 42.0 Å². The minimum Gasteiger partial charge on any atom is -0.496 e. The summed E-state index contributed by atoms with van der Waals surface area (Å²) in [5.74, 6) is 1.08. The van der Waals surface area contributed by atoms with Crippen LogP contribution in [-0.2, 0) is 0 Å². The normalized spacial score (nSPS) is 11.6. The molecule has 0 heterocycles. The molecule has 0 aliphatic rings. The number of ether oxygens (including phenoxy) is 1. The summed E-state index contributed by atoms with van der Waals surface area (Å²) in [6, 6.07) is 9.29. The van der Waals surface area contributed by atoms with Crippen LogP contribution in [0.4, 0.5) is 5.69 Å². The van der Waals surface area contributed by atoms with Gasteiger partial charge in [0.15, 0.2) is 0 Å². The van der Waals surface area contributed by atoms with Gasteiger partial charge in [0, 0.05) is 17.8 Å². The van der Waals surface area contributed by atoms with E-state index in [1.54, 1.807) is 7.11 Å². The third-order valence-corrected chi connectivity index (χ3v) is 5.03. The number of hydrogen-bond acceptors (Lipinski definition) is 3. The molecular weight excluding hydrogens is 393 g/mol. The van der Waals surface area contributed by atoms with Crippen LogP contribution < -0.4 is 10.1 Å². The summed E-state index contributed by atoms with van der Waals surface area (Å²) in [5.41, 5.74) is 3.16. The van der Waals surface area contributed by atoms with Gasteiger partial charge in [0.2, 0.25) is 0 Å². The number of methoxy groups -OCH3 is 1. The van der Waals surface area contributed by atoms with Gasteiger partial charge in [0.25, 0.3) is 0 Å². The Balaban J connectivity index is 0.00000190. The summed E-state index contributed by atoms with van der Waals surface area (Å²) in [5, 5.41) is 15.1. The molecule has 0 bridgehead atoms. The van der Waals surface area contributed by atoms with Crippen LogP contribution in [0.2, 0.25) is 10.0 Å². The SMILES string of the molecule is CC.CCCCNc1cc(Cl)c(C(O)c2ccc(OC)c(C(C)C)c2)c(Cl)c1. The first-order chi connectivity index (χ1) is 13.4. The molecule has 0 fully saturated rings. The molecule has 0 amide bonds. The fourth-order valence-electron chi connectivity index (χ4n) is 2.90. The van der Waals surface area contributed by atoms with Gasteiger partial charge in [-0.2, -0.15) is 0 Å². The molecular formula is C23H33Cl2NO2. The number of rotatable bonds is 8. The van der Waals surface area contributed by atoms with E-state index < -0.39 is 6.10 Å². The fraction of sp³-hybridized carbons (Fsp3) is 0.478. The van der Waals surface area contributed by atoms with E-state index in [1.165, 1.54) is 0 Å². The number of anilines is 1. The van der Waals surface area contributed by atoms with Crippen LogP contribution in [0.3, 0.4) is 0 Å². The van der Waals surface area contributed by atoms with Gasteiger partial charge >= 0.3 is 0 Å². The van der Waals surface area contributed by atoms with Crippen LogP contribution in [0.15, 0.2) is 30.3 Å². The van der Waals surface area contributed by atoms with E-state index in [2.05, 4.69) is 26.1 Å². The lowest BCUT2D eigenvalue weighted by atomic mass is 9.94. The molecule has 3 nitrogen and oxygen atoms in total. The highest BCUT2D eigenvalue weighted by atomic mass is 35.5. The number of aliphatic hydroxyl groups excluding tert-OH is 1. The Morgan fingerprint density at radius 3 is 2.18 bits per heavy atom. The first-order valence-corrected chi connectivity index (χ1v) is 10.7. The van der Waals surface area contributed by atoms with Crippen molar-refractivity contribution >= 4 is 28.9 Å². The molecule has 2 N–H and O–H groups in total. The maximum Gasteiger partial charge on any atom is 0.122 e. The first-order valence-electron chi connectivity index (χ1n) is 9.97. The predicted octanol–water partition coefficient (Wildman–Crippen LogP) is 7.45. The van der Waals surface area contributed by atoms with Crippen molar-refractivity contribution in [2.45, 2.75) is 59.5 Å². The van der Waals surface area contributed by atoms with Crippen LogP contribution in [0.25, 0.3) is 0 Å². The van der Waals surface area contributed by atoms with Crippen molar-refractivity contribution in [1.82, 2.24) is 0 Å². The van der Waals surface area contributed by atoms with Crippen molar-refractivity contribution < 1.29 is 9.84 Å². The molecule has 0 radical (unpaired) electrons. The molecule has 2 aromatic carbocycles. The molecule has 0 aliphatic heterocycles. The Kier molecular flexibility index (Phi) is 10.7. The number of nitrogens with one attached hydrogen (secondary N) is 1.